The second kappa shape index (κ2) is 8.70. The first kappa shape index (κ1) is 26.4. The minimum Gasteiger partial charge on any atom is -0.346 e. The van der Waals surface area contributed by atoms with Gasteiger partial charge in [0.05, 0.1) is 28.9 Å². The molecule has 5 heteroatoms. The topological polar surface area (TPSA) is 80.2 Å². The minimum absolute atomic E-state index is 0.182. The number of aliphatic imine (C=N–C) groups is 1. The van der Waals surface area contributed by atoms with Crippen molar-refractivity contribution in [3.05, 3.63) is 76.1 Å². The van der Waals surface area contributed by atoms with E-state index in [2.05, 4.69) is 56.9 Å². The van der Waals surface area contributed by atoms with Crippen molar-refractivity contribution in [3.63, 3.8) is 0 Å². The number of allylic oxidation sites excluding steroid dienone is 1. The first-order chi connectivity index (χ1) is 17.2. The molecule has 2 unspecified atom stereocenters. The van der Waals surface area contributed by atoms with E-state index in [0.717, 1.165) is 22.5 Å². The van der Waals surface area contributed by atoms with E-state index in [1.165, 1.54) is 16.7 Å². The Hall–Kier alpha value is -3.70. The fraction of sp³-hybridized carbons (Fsp3) is 0.438. The van der Waals surface area contributed by atoms with Crippen molar-refractivity contribution in [2.75, 3.05) is 11.9 Å². The van der Waals surface area contributed by atoms with Gasteiger partial charge in [0.2, 0.25) is 0 Å². The van der Waals surface area contributed by atoms with Crippen molar-refractivity contribution in [1.82, 2.24) is 0 Å². The number of likely N-dealkylation sites (N-methyl/N-ethyl adjacent to an activating group) is 1. The lowest BCUT2D eigenvalue weighted by molar-refractivity contribution is -0.121. The Labute approximate surface area is 221 Å². The predicted octanol–water partition coefficient (Wildman–Crippen LogP) is 6.74. The molecule has 2 aliphatic rings. The number of aryl methyl sites for hydroxylation is 1. The van der Waals surface area contributed by atoms with Gasteiger partial charge in [0, 0.05) is 41.5 Å². The second-order valence-corrected chi connectivity index (χ2v) is 12.2. The number of nitriles is 2. The summed E-state index contributed by atoms with van der Waals surface area (Å²) < 4.78 is 0. The molecule has 0 saturated carbocycles. The Kier molecular flexibility index (Phi) is 6.20. The van der Waals surface area contributed by atoms with Crippen LogP contribution in [-0.2, 0) is 10.2 Å². The number of ketones is 1. The Balaban J connectivity index is 1.95. The summed E-state index contributed by atoms with van der Waals surface area (Å²) in [5.41, 5.74) is 5.81. The Morgan fingerprint density at radius 2 is 1.57 bits per heavy atom. The van der Waals surface area contributed by atoms with Gasteiger partial charge >= 0.3 is 0 Å². The number of Topliss-reactive ketones (excluding diaryl/α,β-unsaturated/α-hetero) is 1. The maximum atomic E-state index is 14.2. The van der Waals surface area contributed by atoms with Gasteiger partial charge in [-0.25, -0.2) is 0 Å². The van der Waals surface area contributed by atoms with Crippen LogP contribution in [0.5, 0.6) is 0 Å². The molecule has 0 radical (unpaired) electrons. The number of carbonyl (C=O) groups is 1. The van der Waals surface area contributed by atoms with Crippen LogP contribution >= 0.6 is 0 Å². The number of carbonyl (C=O) groups excluding carboxylic acids is 1. The van der Waals surface area contributed by atoms with Crippen LogP contribution in [0.1, 0.15) is 75.3 Å². The highest BCUT2D eigenvalue weighted by Crippen LogP contribution is 2.52. The molecule has 0 N–H and O–H groups in total. The highest BCUT2D eigenvalue weighted by molar-refractivity contribution is 6.48. The lowest BCUT2D eigenvalue weighted by Crippen LogP contribution is -2.47. The molecule has 2 aromatic rings. The van der Waals surface area contributed by atoms with E-state index in [0.29, 0.717) is 5.71 Å². The zero-order chi connectivity index (χ0) is 27.5. The zero-order valence-corrected chi connectivity index (χ0v) is 23.4. The quantitative estimate of drug-likeness (QED) is 0.475. The second-order valence-electron chi connectivity index (χ2n) is 12.2. The van der Waals surface area contributed by atoms with Gasteiger partial charge in [0.15, 0.2) is 5.78 Å². The van der Waals surface area contributed by atoms with Gasteiger partial charge < -0.3 is 4.90 Å². The molecule has 0 spiro atoms. The molecule has 0 aromatic heterocycles. The minimum atomic E-state index is -0.981. The van der Waals surface area contributed by atoms with Crippen molar-refractivity contribution in [1.29, 1.82) is 10.5 Å². The third-order valence-electron chi connectivity index (χ3n) is 8.55. The predicted molar refractivity (Wildman–Crippen MR) is 148 cm³/mol. The summed E-state index contributed by atoms with van der Waals surface area (Å²) in [5.74, 6) is -1.31. The Morgan fingerprint density at radius 1 is 0.973 bits per heavy atom. The molecule has 37 heavy (non-hydrogen) atoms. The van der Waals surface area contributed by atoms with Gasteiger partial charge in [-0.15, -0.1) is 0 Å². The summed E-state index contributed by atoms with van der Waals surface area (Å²) in [7, 11) is 2.04. The lowest BCUT2D eigenvalue weighted by atomic mass is 9.56. The first-order valence-corrected chi connectivity index (χ1v) is 12.8. The van der Waals surface area contributed by atoms with Crippen LogP contribution in [-0.4, -0.2) is 18.5 Å². The van der Waals surface area contributed by atoms with E-state index in [-0.39, 0.29) is 11.2 Å². The zero-order valence-electron chi connectivity index (χ0n) is 23.4. The van der Waals surface area contributed by atoms with E-state index in [9.17, 15) is 15.3 Å². The first-order valence-electron chi connectivity index (χ1n) is 12.8. The number of hydrogen-bond acceptors (Lipinski definition) is 5. The van der Waals surface area contributed by atoms with Crippen LogP contribution in [0, 0.1) is 53.3 Å². The largest absolute Gasteiger partial charge is 0.346 e. The van der Waals surface area contributed by atoms with Crippen LogP contribution in [0.3, 0.4) is 0 Å². The molecule has 190 valence electrons. The van der Waals surface area contributed by atoms with E-state index >= 15 is 0 Å². The van der Waals surface area contributed by atoms with Gasteiger partial charge in [-0.3, -0.25) is 9.79 Å². The maximum absolute atomic E-state index is 14.2. The molecule has 2 aromatic carbocycles. The highest BCUT2D eigenvalue weighted by atomic mass is 16.1. The smallest absolute Gasteiger partial charge is 0.187 e. The molecule has 0 bridgehead atoms. The molecule has 1 aliphatic carbocycles. The van der Waals surface area contributed by atoms with Gasteiger partial charge in [0.25, 0.3) is 0 Å². The monoisotopic (exact) mass is 492 g/mol. The van der Waals surface area contributed by atoms with Crippen molar-refractivity contribution in [2.24, 2.45) is 21.7 Å². The van der Waals surface area contributed by atoms with E-state index in [1.807, 2.05) is 51.4 Å². The highest BCUT2D eigenvalue weighted by Gasteiger charge is 2.53. The molecule has 1 aliphatic heterocycles. The van der Waals surface area contributed by atoms with Gasteiger partial charge in [-0.1, -0.05) is 44.2 Å². The SMILES string of the molecule is Cc1ccc2c(c1C)C(C)(C)/C(=C\N=C1C(=O)C(C(C)(C)C#N)C(C(C)(C)C#N)c3ccccc31)N2C. The summed E-state index contributed by atoms with van der Waals surface area (Å²) >= 11 is 0. The maximum Gasteiger partial charge on any atom is 0.187 e. The molecular weight excluding hydrogens is 456 g/mol. The summed E-state index contributed by atoms with van der Waals surface area (Å²) in [6.45, 7) is 15.9. The standard InChI is InChI=1S/C32H36N4O/c1-19-14-15-23-25(20(19)2)32(7,8)24(36(23)9)16-35-28-22-13-11-10-12-21(22)26(30(3,4)17-33)27(29(28)37)31(5,6)18-34/h10-16,26-27H,1-9H3/b24-16+,35-28?. The van der Waals surface area contributed by atoms with Crippen LogP contribution in [0.25, 0.3) is 0 Å². The van der Waals surface area contributed by atoms with E-state index < -0.39 is 22.7 Å². The van der Waals surface area contributed by atoms with Crippen molar-refractivity contribution in [2.45, 2.75) is 66.7 Å². The number of rotatable bonds is 3. The summed E-state index contributed by atoms with van der Waals surface area (Å²) in [4.78, 5) is 21.2. The molecule has 0 amide bonds. The van der Waals surface area contributed by atoms with Crippen molar-refractivity contribution >= 4 is 17.2 Å². The number of anilines is 1. The van der Waals surface area contributed by atoms with Crippen LogP contribution in [0.15, 0.2) is 53.3 Å². The molecule has 4 rings (SSSR count). The van der Waals surface area contributed by atoms with Crippen LogP contribution in [0.2, 0.25) is 0 Å². The number of nitrogens with zero attached hydrogens (tertiary/aromatic N) is 4. The van der Waals surface area contributed by atoms with E-state index in [1.54, 1.807) is 13.8 Å². The third kappa shape index (κ3) is 3.89. The number of fused-ring (bicyclic) bond motifs is 2. The lowest BCUT2D eigenvalue weighted by Gasteiger charge is -2.43. The molecule has 0 fully saturated rings. The molecular formula is C32H36N4O. The van der Waals surface area contributed by atoms with Gasteiger partial charge in [-0.2, -0.15) is 10.5 Å². The van der Waals surface area contributed by atoms with Gasteiger partial charge in [0.1, 0.15) is 5.71 Å². The van der Waals surface area contributed by atoms with Crippen LogP contribution < -0.4 is 4.90 Å². The van der Waals surface area contributed by atoms with Crippen molar-refractivity contribution in [3.8, 4) is 12.1 Å². The van der Waals surface area contributed by atoms with Crippen molar-refractivity contribution < 1.29 is 4.79 Å². The third-order valence-corrected chi connectivity index (χ3v) is 8.55. The average molecular weight is 493 g/mol. The van der Waals surface area contributed by atoms with E-state index in [4.69, 9.17) is 4.99 Å². The molecule has 2 atom stereocenters. The van der Waals surface area contributed by atoms with Gasteiger partial charge in [-0.05, 0) is 69.9 Å². The fourth-order valence-electron chi connectivity index (χ4n) is 6.34. The number of hydrogen-bond donors (Lipinski definition) is 0. The summed E-state index contributed by atoms with van der Waals surface area (Å²) in [5, 5.41) is 20.1. The molecule has 0 saturated heterocycles. The Bertz CT molecular complexity index is 1440. The average Bonchev–Trinajstić information content (AvgIpc) is 3.04. The summed E-state index contributed by atoms with van der Waals surface area (Å²) in [6.07, 6.45) is 1.82. The summed E-state index contributed by atoms with van der Waals surface area (Å²) in [6, 6.07) is 16.8. The number of benzene rings is 2. The Morgan fingerprint density at radius 3 is 2.19 bits per heavy atom. The normalized spacial score (nSPS) is 23.0. The molecule has 1 heterocycles. The fourth-order valence-corrected chi connectivity index (χ4v) is 6.34. The van der Waals surface area contributed by atoms with Crippen LogP contribution in [0.4, 0.5) is 5.69 Å². The molecule has 5 nitrogen and oxygen atoms in total.